The van der Waals surface area contributed by atoms with E-state index in [1.807, 2.05) is 0 Å². The molecule has 0 bridgehead atoms. The third-order valence-corrected chi connectivity index (χ3v) is 9.10. The van der Waals surface area contributed by atoms with Gasteiger partial charge in [-0.25, -0.2) is 0 Å². The maximum absolute atomic E-state index is 12.9. The summed E-state index contributed by atoms with van der Waals surface area (Å²) < 4.78 is 5.86. The van der Waals surface area contributed by atoms with Crippen LogP contribution in [0.15, 0.2) is 29.8 Å². The van der Waals surface area contributed by atoms with Gasteiger partial charge in [-0.1, -0.05) is 37.6 Å². The number of carbonyl (C=O) groups is 1. The summed E-state index contributed by atoms with van der Waals surface area (Å²) in [4.78, 5) is 17.8. The van der Waals surface area contributed by atoms with Crippen LogP contribution < -0.4 is 4.90 Å². The smallest absolute Gasteiger partial charge is 0.311 e. The number of fused-ring (bicyclic) bond motifs is 2. The summed E-state index contributed by atoms with van der Waals surface area (Å²) >= 11 is 0. The molecule has 2 aliphatic heterocycles. The highest BCUT2D eigenvalue weighted by Crippen LogP contribution is 2.56. The number of piperazine rings is 1. The van der Waals surface area contributed by atoms with Gasteiger partial charge in [0.1, 0.15) is 6.10 Å². The Kier molecular flexibility index (Phi) is 5.61. The fourth-order valence-electron chi connectivity index (χ4n) is 6.78. The fraction of sp³-hybridized carbons (Fsp3) is 0.667. The first-order chi connectivity index (χ1) is 15.3. The molecule has 1 saturated carbocycles. The van der Waals surface area contributed by atoms with Gasteiger partial charge in [0.2, 0.25) is 0 Å². The van der Waals surface area contributed by atoms with Crippen LogP contribution in [0.4, 0.5) is 5.69 Å². The molecule has 1 N–H and O–H groups in total. The highest BCUT2D eigenvalue weighted by Gasteiger charge is 2.59. The van der Waals surface area contributed by atoms with Crippen LogP contribution >= 0.6 is 0 Å². The van der Waals surface area contributed by atoms with E-state index in [9.17, 15) is 9.90 Å². The molecule has 2 aliphatic carbocycles. The van der Waals surface area contributed by atoms with Crippen molar-refractivity contribution in [2.24, 2.45) is 23.2 Å². The van der Waals surface area contributed by atoms with Gasteiger partial charge in [0.25, 0.3) is 0 Å². The standard InChI is InChI=1S/C27H38N2O3/c1-17-8-9-18(2)22(14-17)29-12-10-28(11-13-29)16-21-24-23(32-26(21)31)15-20-7-5-6-19(3)27(20,4)25(24)30/h7-9,14,19,21,23-25,30H,5-6,10-13,15-16H2,1-4H3/t19?,21?,23-,24-,25?,27-/m1/s1. The van der Waals surface area contributed by atoms with Crippen LogP contribution in [0.1, 0.15) is 44.2 Å². The van der Waals surface area contributed by atoms with Crippen molar-refractivity contribution in [1.82, 2.24) is 4.90 Å². The van der Waals surface area contributed by atoms with Crippen molar-refractivity contribution in [2.75, 3.05) is 37.6 Å². The maximum atomic E-state index is 12.9. The first-order valence-electron chi connectivity index (χ1n) is 12.4. The maximum Gasteiger partial charge on any atom is 0.311 e. The molecule has 3 unspecified atom stereocenters. The molecule has 1 aromatic rings. The molecule has 1 aromatic carbocycles. The zero-order chi connectivity index (χ0) is 22.6. The van der Waals surface area contributed by atoms with E-state index in [1.165, 1.54) is 22.4 Å². The van der Waals surface area contributed by atoms with Crippen molar-refractivity contribution in [1.29, 1.82) is 0 Å². The van der Waals surface area contributed by atoms with Gasteiger partial charge < -0.3 is 14.7 Å². The van der Waals surface area contributed by atoms with Crippen LogP contribution in [0.3, 0.4) is 0 Å². The number of allylic oxidation sites excluding steroid dienone is 1. The van der Waals surface area contributed by atoms with E-state index in [-0.39, 0.29) is 29.3 Å². The first-order valence-corrected chi connectivity index (χ1v) is 12.4. The second kappa shape index (κ2) is 8.18. The van der Waals surface area contributed by atoms with E-state index >= 15 is 0 Å². The van der Waals surface area contributed by atoms with Gasteiger partial charge in [0.15, 0.2) is 0 Å². The van der Waals surface area contributed by atoms with Crippen LogP contribution in [0.5, 0.6) is 0 Å². The van der Waals surface area contributed by atoms with Gasteiger partial charge in [-0.2, -0.15) is 0 Å². The lowest BCUT2D eigenvalue weighted by molar-refractivity contribution is -0.145. The molecule has 4 aliphatic rings. The number of benzene rings is 1. The lowest BCUT2D eigenvalue weighted by Crippen LogP contribution is -2.55. The number of hydrogen-bond donors (Lipinski definition) is 1. The minimum Gasteiger partial charge on any atom is -0.461 e. The summed E-state index contributed by atoms with van der Waals surface area (Å²) in [5, 5.41) is 11.6. The van der Waals surface area contributed by atoms with E-state index < -0.39 is 6.10 Å². The SMILES string of the molecule is Cc1ccc(C)c(N2CCN(CC3C(=O)O[C@@H]4CC5=CCCC(C)[C@@]5(C)C(O)[C@H]34)CC2)c1. The molecule has 2 heterocycles. The van der Waals surface area contributed by atoms with E-state index in [4.69, 9.17) is 4.74 Å². The Morgan fingerprint density at radius 3 is 2.69 bits per heavy atom. The number of anilines is 1. The molecule has 5 heteroatoms. The summed E-state index contributed by atoms with van der Waals surface area (Å²) in [5.41, 5.74) is 5.01. The number of carbonyl (C=O) groups excluding carboxylic acids is 1. The summed E-state index contributed by atoms with van der Waals surface area (Å²) in [5.74, 6) is -0.000529. The van der Waals surface area contributed by atoms with E-state index in [0.29, 0.717) is 12.5 Å². The highest BCUT2D eigenvalue weighted by molar-refractivity contribution is 5.76. The number of nitrogens with zero attached hydrogens (tertiary/aromatic N) is 2. The summed E-state index contributed by atoms with van der Waals surface area (Å²) in [6.07, 6.45) is 4.59. The summed E-state index contributed by atoms with van der Waals surface area (Å²) in [6, 6.07) is 6.64. The number of rotatable bonds is 3. The van der Waals surface area contributed by atoms with Gasteiger partial charge >= 0.3 is 5.97 Å². The largest absolute Gasteiger partial charge is 0.461 e. The lowest BCUT2D eigenvalue weighted by atomic mass is 9.55. The van der Waals surface area contributed by atoms with Crippen LogP contribution in [0.25, 0.3) is 0 Å². The van der Waals surface area contributed by atoms with Crippen molar-refractivity contribution in [3.05, 3.63) is 41.0 Å². The zero-order valence-electron chi connectivity index (χ0n) is 20.0. The minimum absolute atomic E-state index is 0.0951. The second-order valence-corrected chi connectivity index (χ2v) is 10.9. The number of aliphatic hydroxyl groups excluding tert-OH is 1. The molecular weight excluding hydrogens is 400 g/mol. The van der Waals surface area contributed by atoms with Gasteiger partial charge in [-0.3, -0.25) is 9.69 Å². The van der Waals surface area contributed by atoms with Gasteiger partial charge in [-0.15, -0.1) is 0 Å². The average molecular weight is 439 g/mol. The Hall–Kier alpha value is -1.85. The Balaban J connectivity index is 1.28. The number of ether oxygens (including phenoxy) is 1. The molecule has 3 fully saturated rings. The second-order valence-electron chi connectivity index (χ2n) is 10.9. The normalized spacial score (nSPS) is 37.5. The van der Waals surface area contributed by atoms with Crippen LogP contribution in [0, 0.1) is 37.0 Å². The van der Waals surface area contributed by atoms with Crippen molar-refractivity contribution in [2.45, 2.75) is 59.2 Å². The molecular formula is C27H38N2O3. The average Bonchev–Trinajstić information content (AvgIpc) is 3.08. The predicted octanol–water partition coefficient (Wildman–Crippen LogP) is 3.71. The lowest BCUT2D eigenvalue weighted by Gasteiger charge is -2.52. The van der Waals surface area contributed by atoms with Crippen molar-refractivity contribution < 1.29 is 14.6 Å². The minimum atomic E-state index is -0.518. The fourth-order valence-corrected chi connectivity index (χ4v) is 6.78. The molecule has 174 valence electrons. The molecule has 0 amide bonds. The van der Waals surface area contributed by atoms with Gasteiger partial charge in [0, 0.05) is 56.2 Å². The molecule has 0 aromatic heterocycles. The quantitative estimate of drug-likeness (QED) is 0.576. The third-order valence-electron chi connectivity index (χ3n) is 9.10. The van der Waals surface area contributed by atoms with Crippen molar-refractivity contribution >= 4 is 11.7 Å². The van der Waals surface area contributed by atoms with E-state index in [1.54, 1.807) is 0 Å². The monoisotopic (exact) mass is 438 g/mol. The Labute approximate surface area is 192 Å². The molecule has 32 heavy (non-hydrogen) atoms. The van der Waals surface area contributed by atoms with E-state index in [2.05, 4.69) is 61.8 Å². The third kappa shape index (κ3) is 3.49. The molecule has 5 nitrogen and oxygen atoms in total. The highest BCUT2D eigenvalue weighted by atomic mass is 16.6. The molecule has 2 saturated heterocycles. The summed E-state index contributed by atoms with van der Waals surface area (Å²) in [6.45, 7) is 13.3. The summed E-state index contributed by atoms with van der Waals surface area (Å²) in [7, 11) is 0. The van der Waals surface area contributed by atoms with Gasteiger partial charge in [-0.05, 0) is 49.8 Å². The Morgan fingerprint density at radius 1 is 1.19 bits per heavy atom. The van der Waals surface area contributed by atoms with Gasteiger partial charge in [0.05, 0.1) is 12.0 Å². The first kappa shape index (κ1) is 22.0. The topological polar surface area (TPSA) is 53.0 Å². The van der Waals surface area contributed by atoms with Crippen molar-refractivity contribution in [3.8, 4) is 0 Å². The molecule has 0 radical (unpaired) electrons. The van der Waals surface area contributed by atoms with E-state index in [0.717, 1.165) is 45.4 Å². The number of hydrogen-bond acceptors (Lipinski definition) is 5. The van der Waals surface area contributed by atoms with Crippen LogP contribution in [0.2, 0.25) is 0 Å². The number of aliphatic hydroxyl groups is 1. The number of esters is 1. The van der Waals surface area contributed by atoms with Crippen molar-refractivity contribution in [3.63, 3.8) is 0 Å². The Bertz CT molecular complexity index is 919. The molecule has 5 rings (SSSR count). The zero-order valence-corrected chi connectivity index (χ0v) is 20.0. The van der Waals surface area contributed by atoms with Crippen LogP contribution in [-0.2, 0) is 9.53 Å². The Morgan fingerprint density at radius 2 is 1.94 bits per heavy atom. The molecule has 0 spiro atoms. The predicted molar refractivity (Wildman–Crippen MR) is 127 cm³/mol. The van der Waals surface area contributed by atoms with Crippen LogP contribution in [-0.4, -0.2) is 60.9 Å². The number of aryl methyl sites for hydroxylation is 2. The molecule has 6 atom stereocenters.